The van der Waals surface area contributed by atoms with Crippen molar-refractivity contribution < 1.29 is 18.9 Å². The van der Waals surface area contributed by atoms with E-state index in [4.69, 9.17) is 18.9 Å². The summed E-state index contributed by atoms with van der Waals surface area (Å²) in [7, 11) is 0. The lowest BCUT2D eigenvalue weighted by atomic mass is 10.4. The molecule has 0 aliphatic heterocycles. The van der Waals surface area contributed by atoms with E-state index >= 15 is 0 Å². The fourth-order valence-corrected chi connectivity index (χ4v) is 1.07. The van der Waals surface area contributed by atoms with Crippen LogP contribution < -0.4 is 0 Å². The summed E-state index contributed by atoms with van der Waals surface area (Å²) in [5.74, 6) is -1.23. The molecule has 1 radical (unpaired) electrons. The second-order valence-electron chi connectivity index (χ2n) is 3.12. The zero-order valence-corrected chi connectivity index (χ0v) is 9.82. The van der Waals surface area contributed by atoms with E-state index < -0.39 is 5.97 Å². The average Bonchev–Trinajstić information content (AvgIpc) is 2.14. The fraction of sp³-hybridized carbons (Fsp3) is 0.727. The average molecular weight is 217 g/mol. The molecular formula is C11H21O4. The van der Waals surface area contributed by atoms with Crippen molar-refractivity contribution in [2.75, 3.05) is 19.8 Å². The standard InChI is InChI=1S/C11H21O4/c1-6-12-9-11(13-7-2,14-8-3)15-10(4)5/h7,10H,2-3,6,8-9H2,1,4-5H3. The van der Waals surface area contributed by atoms with Crippen LogP contribution in [0.5, 0.6) is 0 Å². The van der Waals surface area contributed by atoms with Crippen molar-refractivity contribution in [1.29, 1.82) is 0 Å². The van der Waals surface area contributed by atoms with Crippen molar-refractivity contribution in [1.82, 2.24) is 0 Å². The van der Waals surface area contributed by atoms with E-state index in [1.54, 1.807) is 0 Å². The van der Waals surface area contributed by atoms with Gasteiger partial charge in [-0.25, -0.2) is 0 Å². The van der Waals surface area contributed by atoms with Crippen LogP contribution in [0.15, 0.2) is 12.8 Å². The molecule has 1 unspecified atom stereocenters. The lowest BCUT2D eigenvalue weighted by molar-refractivity contribution is -0.383. The summed E-state index contributed by atoms with van der Waals surface area (Å²) in [6.45, 7) is 13.7. The molecule has 0 aromatic heterocycles. The largest absolute Gasteiger partial charge is 0.446 e. The van der Waals surface area contributed by atoms with Crippen LogP contribution in [0.25, 0.3) is 0 Å². The zero-order chi connectivity index (χ0) is 11.7. The molecule has 0 N–H and O–H groups in total. The van der Waals surface area contributed by atoms with Crippen LogP contribution >= 0.6 is 0 Å². The van der Waals surface area contributed by atoms with Crippen LogP contribution in [0, 0.1) is 6.92 Å². The van der Waals surface area contributed by atoms with Crippen molar-refractivity contribution in [3.05, 3.63) is 19.8 Å². The first kappa shape index (κ1) is 14.4. The minimum Gasteiger partial charge on any atom is -0.446 e. The van der Waals surface area contributed by atoms with Crippen LogP contribution in [0.1, 0.15) is 20.8 Å². The van der Waals surface area contributed by atoms with Gasteiger partial charge in [-0.3, -0.25) is 0 Å². The SMILES string of the molecule is [CH2]COC(COCC)(OC=C)OC(C)C. The highest BCUT2D eigenvalue weighted by molar-refractivity contribution is 4.64. The lowest BCUT2D eigenvalue weighted by Gasteiger charge is -2.32. The van der Waals surface area contributed by atoms with Crippen molar-refractivity contribution >= 4 is 0 Å². The lowest BCUT2D eigenvalue weighted by Crippen LogP contribution is -2.44. The molecule has 4 heteroatoms. The van der Waals surface area contributed by atoms with Crippen LogP contribution in [0.2, 0.25) is 0 Å². The first-order valence-electron chi connectivity index (χ1n) is 5.07. The van der Waals surface area contributed by atoms with Gasteiger partial charge in [0.1, 0.15) is 6.61 Å². The van der Waals surface area contributed by atoms with Gasteiger partial charge in [0.05, 0.1) is 19.0 Å². The van der Waals surface area contributed by atoms with Gasteiger partial charge in [0.2, 0.25) is 0 Å². The molecular weight excluding hydrogens is 196 g/mol. The molecule has 0 fully saturated rings. The van der Waals surface area contributed by atoms with Crippen molar-refractivity contribution in [3.8, 4) is 0 Å². The first-order chi connectivity index (χ1) is 7.10. The van der Waals surface area contributed by atoms with Gasteiger partial charge in [0, 0.05) is 6.61 Å². The third-order valence-corrected chi connectivity index (χ3v) is 1.48. The molecule has 0 aromatic carbocycles. The predicted molar refractivity (Wildman–Crippen MR) is 58.0 cm³/mol. The van der Waals surface area contributed by atoms with E-state index in [1.807, 2.05) is 20.8 Å². The predicted octanol–water partition coefficient (Wildman–Crippen LogP) is 2.11. The topological polar surface area (TPSA) is 36.9 Å². The van der Waals surface area contributed by atoms with E-state index in [1.165, 1.54) is 6.26 Å². The molecule has 0 bridgehead atoms. The maximum Gasteiger partial charge on any atom is 0.351 e. The summed E-state index contributed by atoms with van der Waals surface area (Å²) < 4.78 is 21.4. The third kappa shape index (κ3) is 5.77. The molecule has 0 rings (SSSR count). The smallest absolute Gasteiger partial charge is 0.351 e. The molecule has 1 atom stereocenters. The normalized spacial score (nSPS) is 15.0. The molecule has 0 saturated carbocycles. The Kier molecular flexibility index (Phi) is 7.38. The highest BCUT2D eigenvalue weighted by Gasteiger charge is 2.35. The molecule has 15 heavy (non-hydrogen) atoms. The zero-order valence-electron chi connectivity index (χ0n) is 9.82. The second-order valence-corrected chi connectivity index (χ2v) is 3.12. The summed E-state index contributed by atoms with van der Waals surface area (Å²) in [5.41, 5.74) is 0. The van der Waals surface area contributed by atoms with Crippen LogP contribution in [-0.4, -0.2) is 31.9 Å². The Morgan fingerprint density at radius 3 is 2.47 bits per heavy atom. The van der Waals surface area contributed by atoms with Crippen molar-refractivity contribution in [2.24, 2.45) is 0 Å². The molecule has 0 aliphatic rings. The van der Waals surface area contributed by atoms with Gasteiger partial charge < -0.3 is 18.9 Å². The van der Waals surface area contributed by atoms with E-state index in [0.29, 0.717) is 6.61 Å². The van der Waals surface area contributed by atoms with E-state index in [-0.39, 0.29) is 19.3 Å². The first-order valence-corrected chi connectivity index (χ1v) is 5.07. The summed E-state index contributed by atoms with van der Waals surface area (Å²) in [4.78, 5) is 0. The highest BCUT2D eigenvalue weighted by atomic mass is 16.9. The Labute approximate surface area is 92.2 Å². The molecule has 0 aliphatic carbocycles. The molecule has 89 valence electrons. The molecule has 0 spiro atoms. The van der Waals surface area contributed by atoms with Gasteiger partial charge in [0.15, 0.2) is 0 Å². The van der Waals surface area contributed by atoms with Gasteiger partial charge in [-0.1, -0.05) is 6.58 Å². The number of hydrogen-bond acceptors (Lipinski definition) is 4. The summed E-state index contributed by atoms with van der Waals surface area (Å²) >= 11 is 0. The maximum atomic E-state index is 5.54. The Morgan fingerprint density at radius 2 is 2.07 bits per heavy atom. The minimum absolute atomic E-state index is 0.0445. The molecule has 0 amide bonds. The van der Waals surface area contributed by atoms with Crippen LogP contribution in [0.3, 0.4) is 0 Å². The maximum absolute atomic E-state index is 5.54. The number of hydrogen-bond donors (Lipinski definition) is 0. The summed E-state index contributed by atoms with van der Waals surface area (Å²) in [5, 5.41) is 0. The Bertz CT molecular complexity index is 170. The van der Waals surface area contributed by atoms with E-state index in [0.717, 1.165) is 0 Å². The second kappa shape index (κ2) is 7.68. The third-order valence-electron chi connectivity index (χ3n) is 1.48. The summed E-state index contributed by atoms with van der Waals surface area (Å²) in [6.07, 6.45) is 1.23. The molecule has 4 nitrogen and oxygen atoms in total. The Balaban J connectivity index is 4.46. The van der Waals surface area contributed by atoms with Crippen LogP contribution in [-0.2, 0) is 18.9 Å². The summed E-state index contributed by atoms with van der Waals surface area (Å²) in [6, 6.07) is 0. The monoisotopic (exact) mass is 217 g/mol. The molecule has 0 heterocycles. The Morgan fingerprint density at radius 1 is 1.40 bits per heavy atom. The molecule has 0 saturated heterocycles. The fourth-order valence-electron chi connectivity index (χ4n) is 1.07. The quantitative estimate of drug-likeness (QED) is 0.438. The van der Waals surface area contributed by atoms with Crippen molar-refractivity contribution in [2.45, 2.75) is 32.8 Å². The van der Waals surface area contributed by atoms with Crippen LogP contribution in [0.4, 0.5) is 0 Å². The van der Waals surface area contributed by atoms with Gasteiger partial charge in [-0.15, -0.1) is 0 Å². The van der Waals surface area contributed by atoms with Gasteiger partial charge >= 0.3 is 5.97 Å². The van der Waals surface area contributed by atoms with Crippen molar-refractivity contribution in [3.63, 3.8) is 0 Å². The van der Waals surface area contributed by atoms with Gasteiger partial charge in [0.25, 0.3) is 0 Å². The van der Waals surface area contributed by atoms with E-state index in [2.05, 4.69) is 13.5 Å². The Hall–Kier alpha value is -0.580. The number of rotatable bonds is 9. The molecule has 0 aromatic rings. The highest BCUT2D eigenvalue weighted by Crippen LogP contribution is 2.19. The van der Waals surface area contributed by atoms with Gasteiger partial charge in [-0.05, 0) is 27.7 Å². The van der Waals surface area contributed by atoms with Gasteiger partial charge in [-0.2, -0.15) is 0 Å². The number of ether oxygens (including phenoxy) is 4. The van der Waals surface area contributed by atoms with E-state index in [9.17, 15) is 0 Å². The minimum atomic E-state index is -1.23.